The first-order valence-electron chi connectivity index (χ1n) is 6.85. The van der Waals surface area contributed by atoms with Crippen LogP contribution in [0.5, 0.6) is 0 Å². The number of hydrogen-bond donors (Lipinski definition) is 0. The molecule has 2 aliphatic carbocycles. The summed E-state index contributed by atoms with van der Waals surface area (Å²) in [5, 5.41) is 0. The van der Waals surface area contributed by atoms with Crippen LogP contribution in [0.25, 0.3) is 5.73 Å². The number of amides is 1. The van der Waals surface area contributed by atoms with Crippen molar-refractivity contribution in [2.24, 2.45) is 17.8 Å². The number of fused-ring (bicyclic) bond motifs is 2. The average Bonchev–Trinajstić information content (AvgIpc) is 3.09. The first-order chi connectivity index (χ1) is 8.69. The van der Waals surface area contributed by atoms with Crippen LogP contribution in [0.3, 0.4) is 0 Å². The maximum Gasteiger partial charge on any atom is 4.00 e. The molecule has 21 heavy (non-hydrogen) atoms. The van der Waals surface area contributed by atoms with Crippen molar-refractivity contribution in [2.45, 2.75) is 38.8 Å². The molecule has 0 saturated heterocycles. The normalized spacial score (nSPS) is 23.8. The van der Waals surface area contributed by atoms with Crippen molar-refractivity contribution in [1.29, 1.82) is 0 Å². The van der Waals surface area contributed by atoms with Gasteiger partial charge in [0.1, 0.15) is 0 Å². The molecule has 0 heterocycles. The molecule has 6 heteroatoms. The van der Waals surface area contributed by atoms with Gasteiger partial charge in [0.05, 0.1) is 5.91 Å². The second-order valence-corrected chi connectivity index (χ2v) is 6.34. The van der Waals surface area contributed by atoms with E-state index in [-0.39, 0.29) is 58.4 Å². The maximum atomic E-state index is 10.7. The van der Waals surface area contributed by atoms with Gasteiger partial charge in [0.2, 0.25) is 0 Å². The molecule has 2 fully saturated rings. The predicted molar refractivity (Wildman–Crippen MR) is 79.2 cm³/mol. The minimum absolute atomic E-state index is 0. The van der Waals surface area contributed by atoms with E-state index < -0.39 is 0 Å². The van der Waals surface area contributed by atoms with Crippen LogP contribution in [0, 0.1) is 17.8 Å². The molecule has 1 amide bonds. The molecule has 117 valence electrons. The van der Waals surface area contributed by atoms with Crippen molar-refractivity contribution in [2.75, 3.05) is 0 Å². The van der Waals surface area contributed by atoms with Gasteiger partial charge in [-0.3, -0.25) is 0 Å². The molecule has 1 radical (unpaired) electrons. The van der Waals surface area contributed by atoms with E-state index in [9.17, 15) is 4.79 Å². The summed E-state index contributed by atoms with van der Waals surface area (Å²) < 4.78 is 0. The summed E-state index contributed by atoms with van der Waals surface area (Å²) in [4.78, 5) is 10.7. The van der Waals surface area contributed by atoms with Gasteiger partial charge in [-0.15, -0.1) is 0 Å². The van der Waals surface area contributed by atoms with Gasteiger partial charge in [0, 0.05) is 15.4 Å². The zero-order valence-electron chi connectivity index (χ0n) is 12.7. The summed E-state index contributed by atoms with van der Waals surface area (Å²) in [6.07, 6.45) is 4.77. The Hall–Kier alpha value is 0.331. The summed E-state index contributed by atoms with van der Waals surface area (Å²) in [6, 6.07) is 10.0. The second-order valence-electron chi connectivity index (χ2n) is 5.19. The molecule has 1 aromatic rings. The SMILES string of the molecule is C[SiH]C.[Cl-].[Cl-].[NH-]C(=O)C1CC2CCC1C2.[Ti+4].c1cc[cH-]c1. The van der Waals surface area contributed by atoms with Crippen LogP contribution in [0.1, 0.15) is 25.7 Å². The molecule has 3 rings (SSSR count). The number of nitrogens with one attached hydrogen (secondary N) is 1. The van der Waals surface area contributed by atoms with Crippen LogP contribution in [0.4, 0.5) is 0 Å². The zero-order valence-corrected chi connectivity index (χ0v) is 16.9. The van der Waals surface area contributed by atoms with Crippen LogP contribution in [0.15, 0.2) is 30.3 Å². The molecule has 2 saturated carbocycles. The van der Waals surface area contributed by atoms with E-state index >= 15 is 0 Å². The van der Waals surface area contributed by atoms with Gasteiger partial charge in [-0.2, -0.15) is 18.2 Å². The zero-order chi connectivity index (χ0) is 13.4. The Morgan fingerprint density at radius 2 is 1.67 bits per heavy atom. The molecule has 0 aromatic heterocycles. The minimum atomic E-state index is -0.313. The van der Waals surface area contributed by atoms with Crippen LogP contribution >= 0.6 is 0 Å². The van der Waals surface area contributed by atoms with Crippen molar-refractivity contribution in [3.63, 3.8) is 0 Å². The Morgan fingerprint density at radius 1 is 1.14 bits per heavy atom. The fourth-order valence-corrected chi connectivity index (χ4v) is 2.89. The molecular formula is C15H24Cl2NOSiTi. The molecule has 0 aliphatic heterocycles. The minimum Gasteiger partial charge on any atom is -1.00 e. The smallest absolute Gasteiger partial charge is 1.00 e. The van der Waals surface area contributed by atoms with E-state index in [0.717, 1.165) is 21.9 Å². The number of hydrogen-bond acceptors (Lipinski definition) is 1. The van der Waals surface area contributed by atoms with Crippen molar-refractivity contribution in [3.8, 4) is 0 Å². The molecule has 2 bridgehead atoms. The maximum absolute atomic E-state index is 10.7. The first-order valence-corrected chi connectivity index (χ1v) is 9.16. The Labute approximate surface area is 158 Å². The standard InChI is InChI=1S/C8H13NO.C5H5.C2H7Si.2ClH.Ti/c9-8(10)7-4-5-1-2-6(7)3-5;1-2-4-5-3-1;1-3-2;;;/h5-7H,1-4H2,(H2,9,10);1-5H;3H,1-2H3;2*1H;/q;-1;;;;+4/p-3. The van der Waals surface area contributed by atoms with E-state index in [1.54, 1.807) is 0 Å². The summed E-state index contributed by atoms with van der Waals surface area (Å²) in [7, 11) is 0.750. The van der Waals surface area contributed by atoms with Crippen molar-refractivity contribution >= 4 is 15.4 Å². The molecule has 3 unspecified atom stereocenters. The van der Waals surface area contributed by atoms with Crippen LogP contribution in [-0.4, -0.2) is 15.4 Å². The quantitative estimate of drug-likeness (QED) is 0.407. The molecule has 2 aliphatic rings. The third kappa shape index (κ3) is 9.85. The largest absolute Gasteiger partial charge is 4.00 e. The Bertz CT molecular complexity index is 321. The second kappa shape index (κ2) is 15.2. The molecule has 3 atom stereocenters. The van der Waals surface area contributed by atoms with Crippen molar-refractivity contribution in [1.82, 2.24) is 0 Å². The van der Waals surface area contributed by atoms with Gasteiger partial charge in [0.15, 0.2) is 0 Å². The van der Waals surface area contributed by atoms with E-state index in [0.29, 0.717) is 5.92 Å². The van der Waals surface area contributed by atoms with E-state index in [1.807, 2.05) is 30.3 Å². The molecule has 1 aromatic carbocycles. The monoisotopic (exact) mass is 380 g/mol. The van der Waals surface area contributed by atoms with Crippen LogP contribution in [-0.2, 0) is 26.5 Å². The van der Waals surface area contributed by atoms with Gasteiger partial charge >= 0.3 is 21.7 Å². The van der Waals surface area contributed by atoms with E-state index in [2.05, 4.69) is 13.1 Å². The van der Waals surface area contributed by atoms with Gasteiger partial charge in [-0.25, -0.2) is 12.1 Å². The van der Waals surface area contributed by atoms with E-state index in [1.165, 1.54) is 19.3 Å². The third-order valence-corrected chi connectivity index (χ3v) is 3.63. The number of carbonyl (C=O) groups excluding carboxylic acids is 1. The topological polar surface area (TPSA) is 40.9 Å². The Balaban J connectivity index is -0.000000256. The van der Waals surface area contributed by atoms with Gasteiger partial charge in [-0.05, 0) is 31.1 Å². The Kier molecular flexibility index (Phi) is 19.0. The summed E-state index contributed by atoms with van der Waals surface area (Å²) in [5.41, 5.74) is 6.99. The molecular weight excluding hydrogens is 357 g/mol. The summed E-state index contributed by atoms with van der Waals surface area (Å²) >= 11 is 0. The number of rotatable bonds is 1. The fraction of sp³-hybridized carbons (Fsp3) is 0.600. The van der Waals surface area contributed by atoms with Crippen molar-refractivity contribution < 1.29 is 51.3 Å². The summed E-state index contributed by atoms with van der Waals surface area (Å²) in [5.74, 6) is 1.20. The van der Waals surface area contributed by atoms with E-state index in [4.69, 9.17) is 5.73 Å². The predicted octanol–water partition coefficient (Wildman–Crippen LogP) is -2.07. The number of halogens is 2. The van der Waals surface area contributed by atoms with Gasteiger partial charge < -0.3 is 35.3 Å². The molecule has 2 nitrogen and oxygen atoms in total. The van der Waals surface area contributed by atoms with Crippen molar-refractivity contribution in [3.05, 3.63) is 36.1 Å². The van der Waals surface area contributed by atoms with Crippen LogP contribution < -0.4 is 24.8 Å². The third-order valence-electron chi connectivity index (χ3n) is 3.63. The fourth-order valence-electron chi connectivity index (χ4n) is 2.89. The van der Waals surface area contributed by atoms with Crippen LogP contribution in [0.2, 0.25) is 13.1 Å². The Morgan fingerprint density at radius 3 is 1.86 bits per heavy atom. The average molecular weight is 381 g/mol. The summed E-state index contributed by atoms with van der Waals surface area (Å²) in [6.45, 7) is 4.42. The van der Waals surface area contributed by atoms with Gasteiger partial charge in [0.25, 0.3) is 0 Å². The first kappa shape index (κ1) is 26.2. The number of carbonyl (C=O) groups is 1. The van der Waals surface area contributed by atoms with Gasteiger partial charge in [-0.1, -0.05) is 19.5 Å². The molecule has 1 N–H and O–H groups in total. The molecule has 0 spiro atoms.